The molecule has 0 amide bonds. The molecule has 0 aromatic heterocycles. The highest BCUT2D eigenvalue weighted by atomic mass is 16.6. The zero-order chi connectivity index (χ0) is 14.4. The zero-order valence-corrected chi connectivity index (χ0v) is 11.4. The molecule has 0 radical (unpaired) electrons. The van der Waals surface area contributed by atoms with Crippen molar-refractivity contribution in [3.05, 3.63) is 33.9 Å². The second-order valence-electron chi connectivity index (χ2n) is 4.18. The van der Waals surface area contributed by atoms with Crippen molar-refractivity contribution in [2.24, 2.45) is 0 Å². The highest BCUT2D eigenvalue weighted by molar-refractivity contribution is 5.77. The van der Waals surface area contributed by atoms with Crippen molar-refractivity contribution < 1.29 is 14.5 Å². The molecule has 0 unspecified atom stereocenters. The Morgan fingerprint density at radius 1 is 1.47 bits per heavy atom. The number of anilines is 1. The summed E-state index contributed by atoms with van der Waals surface area (Å²) in [6.45, 7) is 4.40. The highest BCUT2D eigenvalue weighted by Gasteiger charge is 2.19. The zero-order valence-electron chi connectivity index (χ0n) is 11.4. The van der Waals surface area contributed by atoms with Crippen molar-refractivity contribution in [3.63, 3.8) is 0 Å². The summed E-state index contributed by atoms with van der Waals surface area (Å²) in [4.78, 5) is 23.7. The highest BCUT2D eigenvalue weighted by Crippen LogP contribution is 2.28. The van der Waals surface area contributed by atoms with E-state index in [0.717, 1.165) is 6.42 Å². The topological polar surface area (TPSA) is 72.7 Å². The van der Waals surface area contributed by atoms with Gasteiger partial charge in [0, 0.05) is 18.3 Å². The van der Waals surface area contributed by atoms with Gasteiger partial charge >= 0.3 is 5.97 Å². The van der Waals surface area contributed by atoms with Crippen LogP contribution >= 0.6 is 0 Å². The van der Waals surface area contributed by atoms with Crippen molar-refractivity contribution in [3.8, 4) is 0 Å². The number of nitrogens with zero attached hydrogens (tertiary/aromatic N) is 2. The summed E-state index contributed by atoms with van der Waals surface area (Å²) in [6, 6.07) is 4.86. The first-order valence-electron chi connectivity index (χ1n) is 6.07. The van der Waals surface area contributed by atoms with Crippen LogP contribution in [0.25, 0.3) is 0 Å². The molecule has 0 bridgehead atoms. The van der Waals surface area contributed by atoms with Crippen LogP contribution in [0.15, 0.2) is 18.2 Å². The van der Waals surface area contributed by atoms with Gasteiger partial charge in [0.15, 0.2) is 0 Å². The van der Waals surface area contributed by atoms with Crippen LogP contribution in [0.5, 0.6) is 0 Å². The molecule has 1 rings (SSSR count). The third-order valence-corrected chi connectivity index (χ3v) is 2.86. The first kappa shape index (κ1) is 14.9. The van der Waals surface area contributed by atoms with E-state index in [4.69, 9.17) is 0 Å². The van der Waals surface area contributed by atoms with Gasteiger partial charge in [-0.05, 0) is 19.4 Å². The van der Waals surface area contributed by atoms with E-state index in [0.29, 0.717) is 17.8 Å². The number of benzene rings is 1. The third kappa shape index (κ3) is 3.67. The van der Waals surface area contributed by atoms with Gasteiger partial charge < -0.3 is 9.64 Å². The summed E-state index contributed by atoms with van der Waals surface area (Å²) in [6.07, 6.45) is 0.832. The standard InChI is InChI=1S/C13H18N2O4/c1-4-8-14(9-13(16)19-3)11-6-5-7-12(10(11)2)15(17)18/h5-7H,4,8-9H2,1-3H3. The van der Waals surface area contributed by atoms with Crippen molar-refractivity contribution in [1.29, 1.82) is 0 Å². The molecule has 6 nitrogen and oxygen atoms in total. The molecule has 1 aromatic carbocycles. The molecule has 104 valence electrons. The van der Waals surface area contributed by atoms with Gasteiger partial charge in [-0.15, -0.1) is 0 Å². The normalized spacial score (nSPS) is 10.1. The smallest absolute Gasteiger partial charge is 0.325 e. The van der Waals surface area contributed by atoms with Crippen LogP contribution in [-0.2, 0) is 9.53 Å². The van der Waals surface area contributed by atoms with Crippen LogP contribution in [0.1, 0.15) is 18.9 Å². The fraction of sp³-hybridized carbons (Fsp3) is 0.462. The number of nitro groups is 1. The molecule has 0 aliphatic carbocycles. The summed E-state index contributed by atoms with van der Waals surface area (Å²) in [5, 5.41) is 10.9. The predicted octanol–water partition coefficient (Wildman–Crippen LogP) is 2.29. The fourth-order valence-electron chi connectivity index (χ4n) is 1.93. The number of nitro benzene ring substituents is 1. The van der Waals surface area contributed by atoms with E-state index in [1.165, 1.54) is 13.2 Å². The number of hydrogen-bond donors (Lipinski definition) is 0. The Morgan fingerprint density at radius 3 is 2.68 bits per heavy atom. The Labute approximate surface area is 112 Å². The quantitative estimate of drug-likeness (QED) is 0.448. The van der Waals surface area contributed by atoms with E-state index in [2.05, 4.69) is 4.74 Å². The lowest BCUT2D eigenvalue weighted by Gasteiger charge is -2.24. The molecular formula is C13H18N2O4. The average molecular weight is 266 g/mol. The summed E-state index contributed by atoms with van der Waals surface area (Å²) in [7, 11) is 1.33. The maximum Gasteiger partial charge on any atom is 0.325 e. The van der Waals surface area contributed by atoms with Crippen molar-refractivity contribution in [2.75, 3.05) is 25.1 Å². The molecule has 0 spiro atoms. The van der Waals surface area contributed by atoms with Gasteiger partial charge in [0.05, 0.1) is 17.6 Å². The van der Waals surface area contributed by atoms with Crippen LogP contribution in [0.4, 0.5) is 11.4 Å². The Bertz CT molecular complexity index is 474. The second-order valence-corrected chi connectivity index (χ2v) is 4.18. The van der Waals surface area contributed by atoms with Crippen LogP contribution in [0.2, 0.25) is 0 Å². The Balaban J connectivity index is 3.11. The van der Waals surface area contributed by atoms with E-state index in [9.17, 15) is 14.9 Å². The number of rotatable bonds is 6. The van der Waals surface area contributed by atoms with Crippen LogP contribution in [-0.4, -0.2) is 31.1 Å². The van der Waals surface area contributed by atoms with Crippen LogP contribution in [0.3, 0.4) is 0 Å². The van der Waals surface area contributed by atoms with Gasteiger partial charge in [0.1, 0.15) is 6.54 Å². The van der Waals surface area contributed by atoms with Gasteiger partial charge in [0.25, 0.3) is 5.69 Å². The van der Waals surface area contributed by atoms with Crippen molar-refractivity contribution >= 4 is 17.3 Å². The molecule has 0 heterocycles. The lowest BCUT2D eigenvalue weighted by Crippen LogP contribution is -2.31. The number of hydrogen-bond acceptors (Lipinski definition) is 5. The lowest BCUT2D eigenvalue weighted by molar-refractivity contribution is -0.385. The molecule has 0 aliphatic heterocycles. The predicted molar refractivity (Wildman–Crippen MR) is 72.4 cm³/mol. The minimum Gasteiger partial charge on any atom is -0.468 e. The SMILES string of the molecule is CCCN(CC(=O)OC)c1cccc([N+](=O)[O-])c1C. The minimum absolute atomic E-state index is 0.0588. The average Bonchev–Trinajstić information content (AvgIpc) is 2.38. The first-order chi connectivity index (χ1) is 9.01. The van der Waals surface area contributed by atoms with E-state index < -0.39 is 4.92 Å². The number of esters is 1. The maximum atomic E-state index is 11.4. The Hall–Kier alpha value is -2.11. The van der Waals surface area contributed by atoms with E-state index >= 15 is 0 Å². The molecule has 0 fully saturated rings. The summed E-state index contributed by atoms with van der Waals surface area (Å²) >= 11 is 0. The van der Waals surface area contributed by atoms with E-state index in [-0.39, 0.29) is 18.2 Å². The molecule has 6 heteroatoms. The summed E-state index contributed by atoms with van der Waals surface area (Å²) in [5.41, 5.74) is 1.31. The molecule has 0 aliphatic rings. The monoisotopic (exact) mass is 266 g/mol. The van der Waals surface area contributed by atoms with E-state index in [1.54, 1.807) is 24.0 Å². The lowest BCUT2D eigenvalue weighted by atomic mass is 10.1. The molecule has 1 aromatic rings. The molecular weight excluding hydrogens is 248 g/mol. The largest absolute Gasteiger partial charge is 0.468 e. The van der Waals surface area contributed by atoms with Gasteiger partial charge in [-0.1, -0.05) is 13.0 Å². The number of ether oxygens (including phenoxy) is 1. The van der Waals surface area contributed by atoms with Crippen molar-refractivity contribution in [2.45, 2.75) is 20.3 Å². The first-order valence-corrected chi connectivity index (χ1v) is 6.07. The number of methoxy groups -OCH3 is 1. The van der Waals surface area contributed by atoms with Crippen molar-refractivity contribution in [1.82, 2.24) is 0 Å². The van der Waals surface area contributed by atoms with E-state index in [1.807, 2.05) is 6.92 Å². The molecule has 0 atom stereocenters. The molecule has 0 saturated carbocycles. The van der Waals surface area contributed by atoms with Gasteiger partial charge in [0.2, 0.25) is 0 Å². The fourth-order valence-corrected chi connectivity index (χ4v) is 1.93. The molecule has 19 heavy (non-hydrogen) atoms. The second kappa shape index (κ2) is 6.72. The van der Waals surface area contributed by atoms with Gasteiger partial charge in [-0.3, -0.25) is 14.9 Å². The summed E-state index contributed by atoms with van der Waals surface area (Å²) in [5.74, 6) is -0.362. The van der Waals surface area contributed by atoms with Crippen LogP contribution < -0.4 is 4.90 Å². The van der Waals surface area contributed by atoms with Gasteiger partial charge in [-0.25, -0.2) is 0 Å². The maximum absolute atomic E-state index is 11.4. The summed E-state index contributed by atoms with van der Waals surface area (Å²) < 4.78 is 4.65. The van der Waals surface area contributed by atoms with Crippen LogP contribution in [0, 0.1) is 17.0 Å². The molecule has 0 saturated heterocycles. The number of carbonyl (C=O) groups is 1. The Morgan fingerprint density at radius 2 is 2.16 bits per heavy atom. The Kier molecular flexibility index (Phi) is 5.29. The number of carbonyl (C=O) groups excluding carboxylic acids is 1. The minimum atomic E-state index is -0.416. The molecule has 0 N–H and O–H groups in total. The third-order valence-electron chi connectivity index (χ3n) is 2.86. The van der Waals surface area contributed by atoms with Gasteiger partial charge in [-0.2, -0.15) is 0 Å².